The number of rotatable bonds is 6. The molecule has 2 heterocycles. The van der Waals surface area contributed by atoms with Gasteiger partial charge in [-0.05, 0) is 48.6 Å². The Balaban J connectivity index is 1.50. The predicted octanol–water partition coefficient (Wildman–Crippen LogP) is 4.40. The van der Waals surface area contributed by atoms with E-state index in [2.05, 4.69) is 25.1 Å². The van der Waals surface area contributed by atoms with Crippen LogP contribution in [0.5, 0.6) is 0 Å². The minimum Gasteiger partial charge on any atom is -0.343 e. The van der Waals surface area contributed by atoms with Crippen LogP contribution in [0.3, 0.4) is 0 Å². The molecule has 4 heteroatoms. The molecule has 1 saturated heterocycles. The summed E-state index contributed by atoms with van der Waals surface area (Å²) in [4.78, 5) is 29.0. The van der Waals surface area contributed by atoms with E-state index in [1.807, 2.05) is 40.1 Å². The molecule has 2 aromatic rings. The Kier molecular flexibility index (Phi) is 5.47. The van der Waals surface area contributed by atoms with Crippen molar-refractivity contribution in [1.29, 1.82) is 0 Å². The molecule has 2 aliphatic heterocycles. The lowest BCUT2D eigenvalue weighted by Crippen LogP contribution is -2.31. The van der Waals surface area contributed by atoms with Gasteiger partial charge < -0.3 is 9.80 Å². The van der Waals surface area contributed by atoms with Crippen molar-refractivity contribution in [2.24, 2.45) is 0 Å². The molecule has 0 N–H and O–H groups in total. The molecule has 1 unspecified atom stereocenters. The predicted molar refractivity (Wildman–Crippen MR) is 112 cm³/mol. The van der Waals surface area contributed by atoms with Gasteiger partial charge in [0, 0.05) is 43.2 Å². The minimum atomic E-state index is 0.0650. The maximum Gasteiger partial charge on any atom is 0.258 e. The van der Waals surface area contributed by atoms with Crippen LogP contribution >= 0.6 is 0 Å². The number of aryl methyl sites for hydroxylation is 1. The van der Waals surface area contributed by atoms with Crippen molar-refractivity contribution in [3.8, 4) is 0 Å². The summed E-state index contributed by atoms with van der Waals surface area (Å²) in [6.07, 6.45) is 4.70. The lowest BCUT2D eigenvalue weighted by atomic mass is 9.98. The van der Waals surface area contributed by atoms with Crippen molar-refractivity contribution < 1.29 is 9.59 Å². The lowest BCUT2D eigenvalue weighted by molar-refractivity contribution is -0.127. The molecule has 0 radical (unpaired) electrons. The van der Waals surface area contributed by atoms with E-state index in [1.165, 1.54) is 11.1 Å². The molecule has 2 aromatic carbocycles. The van der Waals surface area contributed by atoms with Gasteiger partial charge in [-0.15, -0.1) is 0 Å². The molecular formula is C24H28N2O2. The fourth-order valence-corrected chi connectivity index (χ4v) is 4.45. The average Bonchev–Trinajstić information content (AvgIpc) is 3.30. The third-order valence-corrected chi connectivity index (χ3v) is 5.97. The van der Waals surface area contributed by atoms with E-state index in [-0.39, 0.29) is 17.7 Å². The quantitative estimate of drug-likeness (QED) is 0.750. The average molecular weight is 376 g/mol. The Bertz CT molecular complexity index is 859. The summed E-state index contributed by atoms with van der Waals surface area (Å²) in [5.74, 6) is 0.620. The highest BCUT2D eigenvalue weighted by atomic mass is 16.2. The second kappa shape index (κ2) is 8.17. The molecule has 0 bridgehead atoms. The molecule has 2 aliphatic rings. The zero-order chi connectivity index (χ0) is 19.5. The smallest absolute Gasteiger partial charge is 0.258 e. The van der Waals surface area contributed by atoms with Crippen LogP contribution in [0.2, 0.25) is 0 Å². The second-order valence-electron chi connectivity index (χ2n) is 7.89. The van der Waals surface area contributed by atoms with Crippen molar-refractivity contribution in [3.05, 3.63) is 65.2 Å². The maximum absolute atomic E-state index is 13.2. The number of anilines is 1. The monoisotopic (exact) mass is 376 g/mol. The normalized spacial score (nSPS) is 18.6. The van der Waals surface area contributed by atoms with E-state index in [0.29, 0.717) is 13.0 Å². The fourth-order valence-electron chi connectivity index (χ4n) is 4.45. The number of benzene rings is 2. The molecule has 0 aromatic heterocycles. The molecule has 0 spiro atoms. The molecular weight excluding hydrogens is 348 g/mol. The maximum atomic E-state index is 13.2. The van der Waals surface area contributed by atoms with Gasteiger partial charge in [0.2, 0.25) is 5.91 Å². The molecule has 1 atom stereocenters. The summed E-state index contributed by atoms with van der Waals surface area (Å²) in [6.45, 7) is 4.51. The molecule has 2 amide bonds. The van der Waals surface area contributed by atoms with Crippen molar-refractivity contribution in [2.75, 3.05) is 24.5 Å². The van der Waals surface area contributed by atoms with E-state index < -0.39 is 0 Å². The number of carbonyl (C=O) groups is 2. The largest absolute Gasteiger partial charge is 0.343 e. The van der Waals surface area contributed by atoms with Gasteiger partial charge in [0.25, 0.3) is 5.91 Å². The number of nitrogens with zero attached hydrogens (tertiary/aromatic N) is 2. The lowest BCUT2D eigenvalue weighted by Gasteiger charge is -2.20. The molecule has 0 saturated carbocycles. The van der Waals surface area contributed by atoms with E-state index in [0.717, 1.165) is 50.0 Å². The highest BCUT2D eigenvalue weighted by molar-refractivity contribution is 6.07. The summed E-state index contributed by atoms with van der Waals surface area (Å²) in [5.41, 5.74) is 4.26. The zero-order valence-electron chi connectivity index (χ0n) is 16.6. The van der Waals surface area contributed by atoms with Crippen LogP contribution in [0.4, 0.5) is 5.69 Å². The molecule has 28 heavy (non-hydrogen) atoms. The second-order valence-corrected chi connectivity index (χ2v) is 7.89. The van der Waals surface area contributed by atoms with Crippen LogP contribution in [0.1, 0.15) is 60.0 Å². The van der Waals surface area contributed by atoms with Crippen LogP contribution in [-0.2, 0) is 11.2 Å². The van der Waals surface area contributed by atoms with Gasteiger partial charge >= 0.3 is 0 Å². The highest BCUT2D eigenvalue weighted by Crippen LogP contribution is 2.39. The number of para-hydroxylation sites is 1. The summed E-state index contributed by atoms with van der Waals surface area (Å²) in [5, 5.41) is 0. The zero-order valence-corrected chi connectivity index (χ0v) is 16.6. The van der Waals surface area contributed by atoms with Gasteiger partial charge in [-0.2, -0.15) is 0 Å². The molecule has 146 valence electrons. The van der Waals surface area contributed by atoms with Crippen LogP contribution in [0, 0.1) is 0 Å². The van der Waals surface area contributed by atoms with Crippen molar-refractivity contribution in [2.45, 2.75) is 44.9 Å². The third kappa shape index (κ3) is 3.68. The van der Waals surface area contributed by atoms with Gasteiger partial charge in [0.15, 0.2) is 0 Å². The minimum absolute atomic E-state index is 0.0650. The Hall–Kier alpha value is -2.62. The highest BCUT2D eigenvalue weighted by Gasteiger charge is 2.33. The van der Waals surface area contributed by atoms with Crippen LogP contribution in [0.25, 0.3) is 0 Å². The van der Waals surface area contributed by atoms with Crippen LogP contribution in [0.15, 0.2) is 48.5 Å². The molecule has 4 nitrogen and oxygen atoms in total. The van der Waals surface area contributed by atoms with Crippen molar-refractivity contribution in [3.63, 3.8) is 0 Å². The first-order chi connectivity index (χ1) is 13.7. The summed E-state index contributed by atoms with van der Waals surface area (Å²) < 4.78 is 0. The summed E-state index contributed by atoms with van der Waals surface area (Å²) in [7, 11) is 0. The van der Waals surface area contributed by atoms with E-state index in [9.17, 15) is 9.59 Å². The van der Waals surface area contributed by atoms with Gasteiger partial charge in [0.1, 0.15) is 0 Å². The molecule has 4 rings (SSSR count). The van der Waals surface area contributed by atoms with E-state index in [4.69, 9.17) is 0 Å². The van der Waals surface area contributed by atoms with Gasteiger partial charge in [-0.25, -0.2) is 0 Å². The molecule has 1 fully saturated rings. The van der Waals surface area contributed by atoms with E-state index >= 15 is 0 Å². The topological polar surface area (TPSA) is 40.6 Å². The third-order valence-electron chi connectivity index (χ3n) is 5.97. The van der Waals surface area contributed by atoms with Gasteiger partial charge in [-0.3, -0.25) is 9.59 Å². The van der Waals surface area contributed by atoms with Gasteiger partial charge in [-0.1, -0.05) is 43.7 Å². The van der Waals surface area contributed by atoms with Crippen LogP contribution < -0.4 is 4.90 Å². The Labute approximate surface area is 167 Å². The number of hydrogen-bond acceptors (Lipinski definition) is 2. The number of fused-ring (bicyclic) bond motifs is 1. The van der Waals surface area contributed by atoms with Crippen molar-refractivity contribution >= 4 is 17.5 Å². The van der Waals surface area contributed by atoms with Crippen LogP contribution in [-0.4, -0.2) is 36.3 Å². The first kappa shape index (κ1) is 18.7. The number of carbonyl (C=O) groups excluding carboxylic acids is 2. The number of amides is 2. The standard InChI is InChI=1S/C24H28N2O2/c1-2-6-18-10-12-19(13-11-18)24(28)26-17-20(21-7-3-4-8-22(21)26)14-16-25-15-5-9-23(25)27/h3-4,7-8,10-13,20H,2,5-6,9,14-17H2,1H3. The molecule has 0 aliphatic carbocycles. The first-order valence-corrected chi connectivity index (χ1v) is 10.4. The Morgan fingerprint density at radius 1 is 1.11 bits per heavy atom. The Morgan fingerprint density at radius 2 is 1.89 bits per heavy atom. The van der Waals surface area contributed by atoms with Gasteiger partial charge in [0.05, 0.1) is 0 Å². The van der Waals surface area contributed by atoms with Crippen molar-refractivity contribution in [1.82, 2.24) is 4.90 Å². The number of likely N-dealkylation sites (tertiary alicyclic amines) is 1. The Morgan fingerprint density at radius 3 is 2.61 bits per heavy atom. The van der Waals surface area contributed by atoms with E-state index in [1.54, 1.807) is 0 Å². The first-order valence-electron chi connectivity index (χ1n) is 10.4. The SMILES string of the molecule is CCCc1ccc(C(=O)N2CC(CCN3CCCC3=O)c3ccccc32)cc1. The number of hydrogen-bond donors (Lipinski definition) is 0. The summed E-state index contributed by atoms with van der Waals surface area (Å²) in [6, 6.07) is 16.2. The fraction of sp³-hybridized carbons (Fsp3) is 0.417. The summed E-state index contributed by atoms with van der Waals surface area (Å²) >= 11 is 0.